The largest absolute Gasteiger partial charge is 0.466 e. The maximum absolute atomic E-state index is 12.9. The van der Waals surface area contributed by atoms with Crippen LogP contribution in [-0.4, -0.2) is 64.4 Å². The lowest BCUT2D eigenvalue weighted by atomic mass is 9.84. The molecule has 0 aromatic carbocycles. The van der Waals surface area contributed by atoms with Crippen LogP contribution in [0.25, 0.3) is 0 Å². The average Bonchev–Trinajstić information content (AvgIpc) is 3.18. The van der Waals surface area contributed by atoms with Crippen molar-refractivity contribution in [1.82, 2.24) is 10.2 Å². The Morgan fingerprint density at radius 1 is 1.25 bits per heavy atom. The number of esters is 2. The van der Waals surface area contributed by atoms with Crippen LogP contribution in [-0.2, 0) is 23.8 Å². The maximum Gasteiger partial charge on any atom is 0.336 e. The summed E-state index contributed by atoms with van der Waals surface area (Å²) in [6.07, 6.45) is 0. The predicted octanol–water partition coefficient (Wildman–Crippen LogP) is 2.28. The Morgan fingerprint density at radius 2 is 2.00 bits per heavy atom. The van der Waals surface area contributed by atoms with Crippen LogP contribution in [0.5, 0.6) is 0 Å². The van der Waals surface area contributed by atoms with E-state index in [2.05, 4.69) is 5.32 Å². The molecule has 0 spiro atoms. The van der Waals surface area contributed by atoms with Crippen LogP contribution in [0.2, 0.25) is 0 Å². The van der Waals surface area contributed by atoms with Crippen molar-refractivity contribution in [1.29, 1.82) is 0 Å². The van der Waals surface area contributed by atoms with E-state index in [1.165, 1.54) is 18.4 Å². The Kier molecular flexibility index (Phi) is 8.22. The lowest BCUT2D eigenvalue weighted by Gasteiger charge is -2.30. The van der Waals surface area contributed by atoms with Crippen LogP contribution in [0.1, 0.15) is 24.6 Å². The van der Waals surface area contributed by atoms with Gasteiger partial charge in [-0.2, -0.15) is 0 Å². The number of nitrogens with one attached hydrogen (secondary N) is 1. The van der Waals surface area contributed by atoms with Gasteiger partial charge in [0, 0.05) is 17.1 Å². The molecule has 154 valence electrons. The number of rotatable bonds is 9. The molecule has 0 fully saturated rings. The quantitative estimate of drug-likeness (QED) is 0.496. The molecule has 1 aliphatic rings. The van der Waals surface area contributed by atoms with Crippen molar-refractivity contribution in [2.45, 2.75) is 19.8 Å². The summed E-state index contributed by atoms with van der Waals surface area (Å²) in [5.41, 5.74) is 2.05. The molecule has 0 aliphatic carbocycles. The first-order valence-corrected chi connectivity index (χ1v) is 10.0. The fraction of sp³-hybridized carbons (Fsp3) is 0.500. The zero-order chi connectivity index (χ0) is 20.7. The number of thiophene rings is 1. The van der Waals surface area contributed by atoms with Crippen LogP contribution >= 0.6 is 11.3 Å². The number of likely N-dealkylation sites (N-methyl/N-ethyl adjacent to an activating group) is 1. The third-order valence-corrected chi connectivity index (χ3v) is 5.24. The van der Waals surface area contributed by atoms with Crippen molar-refractivity contribution in [2.24, 2.45) is 0 Å². The van der Waals surface area contributed by atoms with Crippen molar-refractivity contribution in [3.05, 3.63) is 44.9 Å². The van der Waals surface area contributed by atoms with Gasteiger partial charge in [-0.1, -0.05) is 6.07 Å². The van der Waals surface area contributed by atoms with E-state index in [0.29, 0.717) is 29.1 Å². The average molecular weight is 409 g/mol. The molecule has 0 bridgehead atoms. The number of hydrogen-bond donors (Lipinski definition) is 1. The number of ether oxygens (including phenoxy) is 3. The van der Waals surface area contributed by atoms with E-state index >= 15 is 0 Å². The number of carbonyl (C=O) groups excluding carboxylic acids is 2. The Hall–Kier alpha value is -2.16. The Bertz CT molecular complexity index is 753. The second-order valence-corrected chi connectivity index (χ2v) is 7.55. The van der Waals surface area contributed by atoms with E-state index in [4.69, 9.17) is 14.2 Å². The second-order valence-electron chi connectivity index (χ2n) is 6.57. The summed E-state index contributed by atoms with van der Waals surface area (Å²) in [5.74, 6) is -1.49. The van der Waals surface area contributed by atoms with Crippen LogP contribution in [0, 0.1) is 0 Å². The first-order valence-electron chi connectivity index (χ1n) is 9.12. The Morgan fingerprint density at radius 3 is 2.57 bits per heavy atom. The highest BCUT2D eigenvalue weighted by Crippen LogP contribution is 2.41. The van der Waals surface area contributed by atoms with Gasteiger partial charge < -0.3 is 24.4 Å². The van der Waals surface area contributed by atoms with Gasteiger partial charge in [-0.3, -0.25) is 0 Å². The van der Waals surface area contributed by atoms with Gasteiger partial charge in [-0.15, -0.1) is 11.3 Å². The van der Waals surface area contributed by atoms with Crippen molar-refractivity contribution < 1.29 is 23.8 Å². The van der Waals surface area contributed by atoms with Crippen LogP contribution in [0.15, 0.2) is 40.1 Å². The fourth-order valence-electron chi connectivity index (χ4n) is 3.00. The topological polar surface area (TPSA) is 77.1 Å². The minimum Gasteiger partial charge on any atom is -0.466 e. The molecule has 2 rings (SSSR count). The van der Waals surface area contributed by atoms with E-state index in [0.717, 1.165) is 11.4 Å². The molecule has 1 atom stereocenters. The van der Waals surface area contributed by atoms with Gasteiger partial charge in [0.1, 0.15) is 0 Å². The molecular weight excluding hydrogens is 380 g/mol. The Balaban J connectivity index is 2.46. The summed E-state index contributed by atoms with van der Waals surface area (Å²) >= 11 is 1.48. The molecule has 28 heavy (non-hydrogen) atoms. The van der Waals surface area contributed by atoms with Crippen molar-refractivity contribution in [2.75, 3.05) is 47.6 Å². The molecule has 0 saturated carbocycles. The molecule has 1 aromatic heterocycles. The highest BCUT2D eigenvalue weighted by atomic mass is 32.1. The summed E-state index contributed by atoms with van der Waals surface area (Å²) in [6.45, 7) is 5.29. The smallest absolute Gasteiger partial charge is 0.336 e. The molecule has 1 unspecified atom stereocenters. The van der Waals surface area contributed by atoms with E-state index in [1.807, 2.05) is 36.5 Å². The highest BCUT2D eigenvalue weighted by Gasteiger charge is 2.39. The molecule has 1 aliphatic heterocycles. The zero-order valence-corrected chi connectivity index (χ0v) is 17.9. The van der Waals surface area contributed by atoms with E-state index < -0.39 is 17.9 Å². The van der Waals surface area contributed by atoms with Gasteiger partial charge in [-0.25, -0.2) is 9.59 Å². The first kappa shape index (κ1) is 22.1. The minimum atomic E-state index is -0.555. The van der Waals surface area contributed by atoms with Crippen LogP contribution in [0.3, 0.4) is 0 Å². The number of dihydropyridines is 1. The lowest BCUT2D eigenvalue weighted by molar-refractivity contribution is -0.139. The van der Waals surface area contributed by atoms with E-state index in [9.17, 15) is 9.59 Å². The van der Waals surface area contributed by atoms with Crippen molar-refractivity contribution in [3.8, 4) is 0 Å². The summed E-state index contributed by atoms with van der Waals surface area (Å²) < 4.78 is 16.1. The van der Waals surface area contributed by atoms with Gasteiger partial charge in [-0.05, 0) is 39.4 Å². The van der Waals surface area contributed by atoms with Gasteiger partial charge in [0.05, 0.1) is 49.7 Å². The Labute approximate surface area is 169 Å². The molecule has 8 heteroatoms. The minimum absolute atomic E-state index is 0.218. The van der Waals surface area contributed by atoms with E-state index in [1.54, 1.807) is 13.8 Å². The number of methoxy groups -OCH3 is 1. The molecule has 0 amide bonds. The number of carbonyl (C=O) groups is 2. The van der Waals surface area contributed by atoms with Crippen LogP contribution < -0.4 is 5.32 Å². The molecular formula is C20H28N2O5S. The summed E-state index contributed by atoms with van der Waals surface area (Å²) in [7, 11) is 5.27. The normalized spacial score (nSPS) is 17.0. The van der Waals surface area contributed by atoms with Gasteiger partial charge >= 0.3 is 11.9 Å². The molecule has 0 radical (unpaired) electrons. The highest BCUT2D eigenvalue weighted by molar-refractivity contribution is 7.10. The molecule has 1 N–H and O–H groups in total. The molecule has 0 saturated heterocycles. The third kappa shape index (κ3) is 5.21. The van der Waals surface area contributed by atoms with E-state index in [-0.39, 0.29) is 13.2 Å². The van der Waals surface area contributed by atoms with Crippen molar-refractivity contribution in [3.63, 3.8) is 0 Å². The summed E-state index contributed by atoms with van der Waals surface area (Å²) in [4.78, 5) is 28.3. The molecule has 2 heterocycles. The number of hydrogen-bond acceptors (Lipinski definition) is 8. The monoisotopic (exact) mass is 408 g/mol. The summed E-state index contributed by atoms with van der Waals surface area (Å²) in [5, 5.41) is 5.09. The van der Waals surface area contributed by atoms with Gasteiger partial charge in [0.2, 0.25) is 0 Å². The van der Waals surface area contributed by atoms with Gasteiger partial charge in [0.15, 0.2) is 0 Å². The van der Waals surface area contributed by atoms with Gasteiger partial charge in [0.25, 0.3) is 0 Å². The predicted molar refractivity (Wildman–Crippen MR) is 108 cm³/mol. The SMILES string of the molecule is CCOC(=O)C1=C(COCCN(C)C)NC(C)=C(C(=O)OC)C1c1cccs1. The molecule has 1 aromatic rings. The van der Waals surface area contributed by atoms with Crippen LogP contribution in [0.4, 0.5) is 0 Å². The number of allylic oxidation sites excluding steroid dienone is 1. The fourth-order valence-corrected chi connectivity index (χ4v) is 3.85. The summed E-state index contributed by atoms with van der Waals surface area (Å²) in [6, 6.07) is 3.79. The lowest BCUT2D eigenvalue weighted by Crippen LogP contribution is -2.34. The second kappa shape index (κ2) is 10.4. The first-order chi connectivity index (χ1) is 13.4. The zero-order valence-electron chi connectivity index (χ0n) is 17.0. The maximum atomic E-state index is 12.9. The third-order valence-electron chi connectivity index (χ3n) is 4.30. The standard InChI is InChI=1S/C20H28N2O5S/c1-6-27-20(24)17-14(12-26-10-9-22(3)4)21-13(2)16(19(23)25-5)18(17)15-8-7-11-28-15/h7-8,11,18,21H,6,9-10,12H2,1-5H3. The van der Waals surface area contributed by atoms with Crippen molar-refractivity contribution >= 4 is 23.3 Å². The molecule has 7 nitrogen and oxygen atoms in total. The number of nitrogens with zero attached hydrogens (tertiary/aromatic N) is 1.